The zero-order valence-electron chi connectivity index (χ0n) is 8.33. The molecule has 0 aliphatic rings. The highest BCUT2D eigenvalue weighted by Gasteiger charge is 2.03. The van der Waals surface area contributed by atoms with Gasteiger partial charge in [0.2, 0.25) is 0 Å². The van der Waals surface area contributed by atoms with Gasteiger partial charge in [0, 0.05) is 18.8 Å². The Morgan fingerprint density at radius 3 is 2.86 bits per heavy atom. The van der Waals surface area contributed by atoms with Crippen LogP contribution < -0.4 is 5.32 Å². The maximum absolute atomic E-state index is 12.8. The lowest BCUT2D eigenvalue weighted by Gasteiger charge is -2.13. The Balaban J connectivity index is 2.44. The van der Waals surface area contributed by atoms with Crippen molar-refractivity contribution in [1.82, 2.24) is 0 Å². The highest BCUT2D eigenvalue weighted by atomic mass is 19.1. The van der Waals surface area contributed by atoms with Crippen LogP contribution in [0.4, 0.5) is 10.1 Å². The van der Waals surface area contributed by atoms with Gasteiger partial charge in [0.1, 0.15) is 5.82 Å². The summed E-state index contributed by atoms with van der Waals surface area (Å²) in [6.45, 7) is 2.86. The number of aliphatic hydroxyl groups excluding tert-OH is 1. The Morgan fingerprint density at radius 2 is 2.29 bits per heavy atom. The summed E-state index contributed by atoms with van der Waals surface area (Å²) >= 11 is 0. The molecule has 0 saturated heterocycles. The van der Waals surface area contributed by atoms with E-state index in [2.05, 4.69) is 5.32 Å². The lowest BCUT2D eigenvalue weighted by Crippen LogP contribution is -2.16. The first-order valence-electron chi connectivity index (χ1n) is 4.86. The molecule has 14 heavy (non-hydrogen) atoms. The minimum atomic E-state index is -0.243. The first-order chi connectivity index (χ1) is 6.76. The van der Waals surface area contributed by atoms with Crippen LogP contribution in [0.1, 0.15) is 13.3 Å². The van der Waals surface area contributed by atoms with E-state index < -0.39 is 0 Å². The fourth-order valence-electron chi connectivity index (χ4n) is 1.20. The molecule has 0 heterocycles. The highest BCUT2D eigenvalue weighted by Crippen LogP contribution is 2.10. The first-order valence-corrected chi connectivity index (χ1v) is 4.86. The number of anilines is 1. The molecule has 0 aliphatic heterocycles. The second-order valence-corrected chi connectivity index (χ2v) is 3.35. The van der Waals surface area contributed by atoms with Crippen LogP contribution in [0.3, 0.4) is 0 Å². The summed E-state index contributed by atoms with van der Waals surface area (Å²) < 4.78 is 12.8. The van der Waals surface area contributed by atoms with E-state index in [0.29, 0.717) is 6.54 Å². The average molecular weight is 197 g/mol. The van der Waals surface area contributed by atoms with Crippen molar-refractivity contribution in [1.29, 1.82) is 0 Å². The molecule has 0 saturated carbocycles. The van der Waals surface area contributed by atoms with Gasteiger partial charge < -0.3 is 10.4 Å². The molecule has 0 aromatic heterocycles. The monoisotopic (exact) mass is 197 g/mol. The van der Waals surface area contributed by atoms with E-state index in [0.717, 1.165) is 12.1 Å². The third-order valence-corrected chi connectivity index (χ3v) is 2.26. The fraction of sp³-hybridized carbons (Fsp3) is 0.455. The molecule has 3 heteroatoms. The van der Waals surface area contributed by atoms with Gasteiger partial charge in [-0.15, -0.1) is 0 Å². The molecule has 1 unspecified atom stereocenters. The van der Waals surface area contributed by atoms with E-state index in [-0.39, 0.29) is 18.3 Å². The number of aliphatic hydroxyl groups is 1. The van der Waals surface area contributed by atoms with Crippen molar-refractivity contribution in [3.63, 3.8) is 0 Å². The Morgan fingerprint density at radius 1 is 1.50 bits per heavy atom. The summed E-state index contributed by atoms with van der Waals surface area (Å²) in [5, 5.41) is 12.0. The van der Waals surface area contributed by atoms with Crippen LogP contribution in [-0.2, 0) is 0 Å². The lowest BCUT2D eigenvalue weighted by molar-refractivity contribution is 0.230. The smallest absolute Gasteiger partial charge is 0.125 e. The van der Waals surface area contributed by atoms with E-state index >= 15 is 0 Å². The highest BCUT2D eigenvalue weighted by molar-refractivity contribution is 5.42. The van der Waals surface area contributed by atoms with E-state index in [4.69, 9.17) is 5.11 Å². The molecule has 1 atom stereocenters. The molecule has 0 radical (unpaired) electrons. The number of benzene rings is 1. The molecule has 0 bridgehead atoms. The summed E-state index contributed by atoms with van der Waals surface area (Å²) in [7, 11) is 0. The summed E-state index contributed by atoms with van der Waals surface area (Å²) in [6, 6.07) is 6.34. The van der Waals surface area contributed by atoms with Crippen molar-refractivity contribution in [3.8, 4) is 0 Å². The third kappa shape index (κ3) is 3.34. The topological polar surface area (TPSA) is 32.3 Å². The number of rotatable bonds is 5. The van der Waals surface area contributed by atoms with E-state index in [1.807, 2.05) is 13.0 Å². The second kappa shape index (κ2) is 5.60. The maximum Gasteiger partial charge on any atom is 0.125 e. The predicted molar refractivity (Wildman–Crippen MR) is 55.8 cm³/mol. The zero-order valence-corrected chi connectivity index (χ0v) is 8.33. The molecule has 1 aromatic rings. The molecule has 0 aliphatic carbocycles. The first kappa shape index (κ1) is 11.0. The SMILES string of the molecule is CCC(CO)CNc1cccc(F)c1. The molecular formula is C11H16FNO. The molecule has 1 rings (SSSR count). The normalized spacial score (nSPS) is 12.5. The molecule has 78 valence electrons. The van der Waals surface area contributed by atoms with Crippen LogP contribution in [0.2, 0.25) is 0 Å². The van der Waals surface area contributed by atoms with Crippen LogP contribution in [0.5, 0.6) is 0 Å². The van der Waals surface area contributed by atoms with Gasteiger partial charge in [-0.05, 0) is 30.5 Å². The van der Waals surface area contributed by atoms with Crippen molar-refractivity contribution in [2.45, 2.75) is 13.3 Å². The van der Waals surface area contributed by atoms with Crippen LogP contribution in [-0.4, -0.2) is 18.3 Å². The molecule has 0 amide bonds. The van der Waals surface area contributed by atoms with Gasteiger partial charge in [-0.1, -0.05) is 13.0 Å². The molecule has 0 spiro atoms. The second-order valence-electron chi connectivity index (χ2n) is 3.35. The molecular weight excluding hydrogens is 181 g/mol. The molecule has 2 nitrogen and oxygen atoms in total. The number of halogens is 1. The third-order valence-electron chi connectivity index (χ3n) is 2.26. The zero-order chi connectivity index (χ0) is 10.4. The van der Waals surface area contributed by atoms with Gasteiger partial charge in [-0.25, -0.2) is 4.39 Å². The van der Waals surface area contributed by atoms with Gasteiger partial charge in [-0.2, -0.15) is 0 Å². The molecule has 2 N–H and O–H groups in total. The van der Waals surface area contributed by atoms with Gasteiger partial charge in [-0.3, -0.25) is 0 Å². The van der Waals surface area contributed by atoms with Crippen LogP contribution >= 0.6 is 0 Å². The summed E-state index contributed by atoms with van der Waals surface area (Å²) in [5.41, 5.74) is 0.761. The van der Waals surface area contributed by atoms with Gasteiger partial charge >= 0.3 is 0 Å². The minimum absolute atomic E-state index is 0.165. The van der Waals surface area contributed by atoms with Crippen molar-refractivity contribution in [2.75, 3.05) is 18.5 Å². The molecule has 0 fully saturated rings. The van der Waals surface area contributed by atoms with E-state index in [9.17, 15) is 4.39 Å². The minimum Gasteiger partial charge on any atom is -0.396 e. The Bertz CT molecular complexity index is 274. The standard InChI is InChI=1S/C11H16FNO/c1-2-9(8-14)7-13-11-5-3-4-10(12)6-11/h3-6,9,13-14H,2,7-8H2,1H3. The Labute approximate surface area is 83.8 Å². The van der Waals surface area contributed by atoms with Gasteiger partial charge in [0.15, 0.2) is 0 Å². The Kier molecular flexibility index (Phi) is 4.40. The fourth-order valence-corrected chi connectivity index (χ4v) is 1.20. The van der Waals surface area contributed by atoms with Crippen molar-refractivity contribution >= 4 is 5.69 Å². The van der Waals surface area contributed by atoms with Crippen LogP contribution in [0, 0.1) is 11.7 Å². The maximum atomic E-state index is 12.8. The van der Waals surface area contributed by atoms with Gasteiger partial charge in [0.25, 0.3) is 0 Å². The van der Waals surface area contributed by atoms with E-state index in [1.165, 1.54) is 12.1 Å². The van der Waals surface area contributed by atoms with Crippen molar-refractivity contribution < 1.29 is 9.50 Å². The largest absolute Gasteiger partial charge is 0.396 e. The predicted octanol–water partition coefficient (Wildman–Crippen LogP) is 2.26. The summed E-state index contributed by atoms with van der Waals surface area (Å²) in [6.07, 6.45) is 0.915. The van der Waals surface area contributed by atoms with Crippen LogP contribution in [0.15, 0.2) is 24.3 Å². The van der Waals surface area contributed by atoms with Crippen molar-refractivity contribution in [2.24, 2.45) is 5.92 Å². The number of hydrogen-bond acceptors (Lipinski definition) is 2. The average Bonchev–Trinajstić information content (AvgIpc) is 2.19. The quantitative estimate of drug-likeness (QED) is 0.758. The summed E-state index contributed by atoms with van der Waals surface area (Å²) in [5.74, 6) is -0.00897. The lowest BCUT2D eigenvalue weighted by atomic mass is 10.1. The van der Waals surface area contributed by atoms with E-state index in [1.54, 1.807) is 6.07 Å². The van der Waals surface area contributed by atoms with Crippen molar-refractivity contribution in [3.05, 3.63) is 30.1 Å². The van der Waals surface area contributed by atoms with Crippen LogP contribution in [0.25, 0.3) is 0 Å². The number of hydrogen-bond donors (Lipinski definition) is 2. The molecule has 1 aromatic carbocycles. The number of nitrogens with one attached hydrogen (secondary N) is 1. The summed E-state index contributed by atoms with van der Waals surface area (Å²) in [4.78, 5) is 0. The van der Waals surface area contributed by atoms with Gasteiger partial charge in [0.05, 0.1) is 0 Å². The Hall–Kier alpha value is -1.09.